The molecule has 0 bridgehead atoms. The maximum atomic E-state index is 12.1. The van der Waals surface area contributed by atoms with Crippen LogP contribution in [0.4, 0.5) is 5.13 Å². The van der Waals surface area contributed by atoms with Crippen LogP contribution in [0.1, 0.15) is 20.9 Å². The number of carbonyl (C=O) groups excluding carboxylic acids is 1. The van der Waals surface area contributed by atoms with E-state index in [1.54, 1.807) is 12.1 Å². The number of hydrogen-bond acceptors (Lipinski definition) is 4. The van der Waals surface area contributed by atoms with E-state index in [9.17, 15) is 4.79 Å². The normalized spacial score (nSPS) is 10.5. The van der Waals surface area contributed by atoms with Crippen molar-refractivity contribution in [3.05, 3.63) is 75.2 Å². The van der Waals surface area contributed by atoms with Crippen LogP contribution in [0.2, 0.25) is 0 Å². The highest BCUT2D eigenvalue weighted by atomic mass is 79.9. The lowest BCUT2D eigenvalue weighted by Gasteiger charge is -2.00. The summed E-state index contributed by atoms with van der Waals surface area (Å²) in [6, 6.07) is 17.4. The molecular formula is C17H14BrN3OS. The van der Waals surface area contributed by atoms with Gasteiger partial charge in [-0.1, -0.05) is 57.6 Å². The number of rotatable bonds is 5. The summed E-state index contributed by atoms with van der Waals surface area (Å²) in [5, 5.41) is 12.4. The highest BCUT2D eigenvalue weighted by Gasteiger charge is 2.10. The average molecular weight is 388 g/mol. The predicted molar refractivity (Wildman–Crippen MR) is 95.9 cm³/mol. The third-order valence-corrected chi connectivity index (χ3v) is 4.69. The monoisotopic (exact) mass is 387 g/mol. The van der Waals surface area contributed by atoms with Crippen LogP contribution < -0.4 is 5.32 Å². The Bertz CT molecular complexity index is 787. The molecule has 0 saturated heterocycles. The third kappa shape index (κ3) is 4.46. The van der Waals surface area contributed by atoms with Gasteiger partial charge >= 0.3 is 0 Å². The maximum absolute atomic E-state index is 12.1. The van der Waals surface area contributed by atoms with E-state index in [0.717, 1.165) is 22.3 Å². The molecule has 0 fully saturated rings. The number of benzene rings is 2. The highest BCUT2D eigenvalue weighted by molar-refractivity contribution is 9.10. The minimum Gasteiger partial charge on any atom is -0.296 e. The van der Waals surface area contributed by atoms with Gasteiger partial charge in [-0.2, -0.15) is 0 Å². The largest absolute Gasteiger partial charge is 0.296 e. The van der Waals surface area contributed by atoms with Crippen molar-refractivity contribution in [2.24, 2.45) is 0 Å². The van der Waals surface area contributed by atoms with Crippen molar-refractivity contribution < 1.29 is 4.79 Å². The van der Waals surface area contributed by atoms with Gasteiger partial charge in [-0.25, -0.2) is 0 Å². The van der Waals surface area contributed by atoms with Crippen LogP contribution >= 0.6 is 27.3 Å². The summed E-state index contributed by atoms with van der Waals surface area (Å²) in [4.78, 5) is 12.1. The van der Waals surface area contributed by atoms with Gasteiger partial charge in [-0.3, -0.25) is 10.1 Å². The van der Waals surface area contributed by atoms with Crippen molar-refractivity contribution in [3.8, 4) is 0 Å². The van der Waals surface area contributed by atoms with Crippen LogP contribution in [0, 0.1) is 0 Å². The molecule has 0 aliphatic rings. The molecule has 6 heteroatoms. The third-order valence-electron chi connectivity index (χ3n) is 3.26. The zero-order chi connectivity index (χ0) is 16.1. The minimum atomic E-state index is -0.178. The number of halogens is 1. The van der Waals surface area contributed by atoms with Crippen LogP contribution in [-0.4, -0.2) is 16.1 Å². The Labute approximate surface area is 146 Å². The molecular weight excluding hydrogens is 374 g/mol. The molecule has 23 heavy (non-hydrogen) atoms. The molecule has 2 aromatic carbocycles. The molecule has 0 atom stereocenters. The SMILES string of the molecule is O=C(Nc1nnc(CCc2ccccc2)s1)c1ccc(Br)cc1. The second-order valence-corrected chi connectivity index (χ2v) is 6.93. The lowest BCUT2D eigenvalue weighted by molar-refractivity contribution is 0.102. The van der Waals surface area contributed by atoms with Crippen molar-refractivity contribution in [2.75, 3.05) is 5.32 Å². The summed E-state index contributed by atoms with van der Waals surface area (Å²) in [6.45, 7) is 0. The van der Waals surface area contributed by atoms with E-state index < -0.39 is 0 Å². The molecule has 3 rings (SSSR count). The molecule has 1 aromatic heterocycles. The molecule has 1 heterocycles. The summed E-state index contributed by atoms with van der Waals surface area (Å²) in [7, 11) is 0. The second-order valence-electron chi connectivity index (χ2n) is 4.95. The second kappa shape index (κ2) is 7.48. The lowest BCUT2D eigenvalue weighted by atomic mass is 10.1. The topological polar surface area (TPSA) is 54.9 Å². The first-order chi connectivity index (χ1) is 11.2. The van der Waals surface area contributed by atoms with E-state index in [1.807, 2.05) is 30.3 Å². The van der Waals surface area contributed by atoms with Gasteiger partial charge in [0.25, 0.3) is 5.91 Å². The van der Waals surface area contributed by atoms with E-state index in [1.165, 1.54) is 16.9 Å². The summed E-state index contributed by atoms with van der Waals surface area (Å²) < 4.78 is 0.938. The first-order valence-electron chi connectivity index (χ1n) is 7.14. The smallest absolute Gasteiger partial charge is 0.257 e. The summed E-state index contributed by atoms with van der Waals surface area (Å²) in [5.74, 6) is -0.178. The zero-order valence-corrected chi connectivity index (χ0v) is 14.6. The fraction of sp³-hybridized carbons (Fsp3) is 0.118. The number of nitrogens with zero attached hydrogens (tertiary/aromatic N) is 2. The van der Waals surface area contributed by atoms with Gasteiger partial charge in [0.2, 0.25) is 5.13 Å². The van der Waals surface area contributed by atoms with Gasteiger partial charge in [0.15, 0.2) is 0 Å². The molecule has 0 saturated carbocycles. The molecule has 116 valence electrons. The first kappa shape index (κ1) is 15.8. The van der Waals surface area contributed by atoms with Crippen LogP contribution in [0.5, 0.6) is 0 Å². The number of nitrogens with one attached hydrogen (secondary N) is 1. The highest BCUT2D eigenvalue weighted by Crippen LogP contribution is 2.18. The van der Waals surface area contributed by atoms with Crippen molar-refractivity contribution in [2.45, 2.75) is 12.8 Å². The van der Waals surface area contributed by atoms with E-state index in [4.69, 9.17) is 0 Å². The Balaban J connectivity index is 1.58. The van der Waals surface area contributed by atoms with Gasteiger partial charge in [0, 0.05) is 16.5 Å². The van der Waals surface area contributed by atoms with E-state index in [2.05, 4.69) is 43.6 Å². The van der Waals surface area contributed by atoms with Crippen molar-refractivity contribution in [1.82, 2.24) is 10.2 Å². The van der Waals surface area contributed by atoms with E-state index in [-0.39, 0.29) is 5.91 Å². The Morgan fingerprint density at radius 1 is 1.00 bits per heavy atom. The number of hydrogen-bond donors (Lipinski definition) is 1. The van der Waals surface area contributed by atoms with Gasteiger partial charge in [0.05, 0.1) is 0 Å². The van der Waals surface area contributed by atoms with Crippen molar-refractivity contribution in [3.63, 3.8) is 0 Å². The number of aromatic nitrogens is 2. The average Bonchev–Trinajstić information content (AvgIpc) is 3.02. The summed E-state index contributed by atoms with van der Waals surface area (Å²) in [6.07, 6.45) is 1.73. The van der Waals surface area contributed by atoms with Gasteiger partial charge < -0.3 is 0 Å². The number of anilines is 1. The summed E-state index contributed by atoms with van der Waals surface area (Å²) in [5.41, 5.74) is 1.86. The lowest BCUT2D eigenvalue weighted by Crippen LogP contribution is -2.11. The van der Waals surface area contributed by atoms with Gasteiger partial charge in [-0.15, -0.1) is 10.2 Å². The quantitative estimate of drug-likeness (QED) is 0.708. The fourth-order valence-corrected chi connectivity index (χ4v) is 3.07. The standard InChI is InChI=1S/C17H14BrN3OS/c18-14-9-7-13(8-10-14)16(22)19-17-21-20-15(23-17)11-6-12-4-2-1-3-5-12/h1-5,7-10H,6,11H2,(H,19,21,22). The number of amides is 1. The molecule has 0 spiro atoms. The number of aryl methyl sites for hydroxylation is 2. The minimum absolute atomic E-state index is 0.178. The van der Waals surface area contributed by atoms with Crippen LogP contribution in [0.25, 0.3) is 0 Å². The first-order valence-corrected chi connectivity index (χ1v) is 8.75. The fourth-order valence-electron chi connectivity index (χ4n) is 2.07. The molecule has 3 aromatic rings. The Hall–Kier alpha value is -2.05. The van der Waals surface area contributed by atoms with Crippen LogP contribution in [0.3, 0.4) is 0 Å². The molecule has 4 nitrogen and oxygen atoms in total. The van der Waals surface area contributed by atoms with Crippen molar-refractivity contribution >= 4 is 38.3 Å². The molecule has 1 N–H and O–H groups in total. The summed E-state index contributed by atoms with van der Waals surface area (Å²) >= 11 is 4.76. The molecule has 0 aliphatic carbocycles. The molecule has 0 aliphatic heterocycles. The Morgan fingerprint density at radius 3 is 2.48 bits per heavy atom. The molecule has 0 unspecified atom stereocenters. The molecule has 1 amide bonds. The maximum Gasteiger partial charge on any atom is 0.257 e. The van der Waals surface area contributed by atoms with Gasteiger partial charge in [-0.05, 0) is 36.2 Å². The zero-order valence-electron chi connectivity index (χ0n) is 12.2. The Kier molecular flexibility index (Phi) is 5.15. The van der Waals surface area contributed by atoms with E-state index >= 15 is 0 Å². The van der Waals surface area contributed by atoms with Crippen LogP contribution in [0.15, 0.2) is 59.1 Å². The van der Waals surface area contributed by atoms with Crippen LogP contribution in [-0.2, 0) is 12.8 Å². The molecule has 0 radical (unpaired) electrons. The van der Waals surface area contributed by atoms with Crippen molar-refractivity contribution in [1.29, 1.82) is 0 Å². The number of carbonyl (C=O) groups is 1. The predicted octanol–water partition coefficient (Wildman–Crippen LogP) is 4.34. The van der Waals surface area contributed by atoms with Gasteiger partial charge in [0.1, 0.15) is 5.01 Å². The Morgan fingerprint density at radius 2 is 1.74 bits per heavy atom. The van der Waals surface area contributed by atoms with E-state index in [0.29, 0.717) is 10.7 Å².